The molecule has 1 rings (SSSR count). The summed E-state index contributed by atoms with van der Waals surface area (Å²) in [6, 6.07) is 0. The molecule has 1 aliphatic rings. The number of hydrogen-bond donors (Lipinski definition) is 1. The van der Waals surface area contributed by atoms with Crippen LogP contribution in [0.15, 0.2) is 0 Å². The minimum absolute atomic E-state index is 0.111. The van der Waals surface area contributed by atoms with Crippen LogP contribution in [0.5, 0.6) is 0 Å². The number of ether oxygens (including phenoxy) is 1. The van der Waals surface area contributed by atoms with Gasteiger partial charge in [0.1, 0.15) is 0 Å². The highest BCUT2D eigenvalue weighted by molar-refractivity contribution is 5.70. The first-order chi connectivity index (χ1) is 7.69. The summed E-state index contributed by atoms with van der Waals surface area (Å²) in [5.74, 6) is 0.395. The molecule has 0 heterocycles. The van der Waals surface area contributed by atoms with Crippen LogP contribution in [-0.4, -0.2) is 24.8 Å². The Labute approximate surface area is 98.2 Å². The summed E-state index contributed by atoms with van der Waals surface area (Å²) in [4.78, 5) is 11.2. The Bertz CT molecular complexity index is 215. The second-order valence-electron chi connectivity index (χ2n) is 4.93. The zero-order valence-electron chi connectivity index (χ0n) is 10.4. The van der Waals surface area contributed by atoms with Crippen LogP contribution in [0, 0.1) is 17.8 Å². The molecule has 0 saturated heterocycles. The summed E-state index contributed by atoms with van der Waals surface area (Å²) in [5.41, 5.74) is 0. The van der Waals surface area contributed by atoms with Crippen molar-refractivity contribution in [1.29, 1.82) is 0 Å². The van der Waals surface area contributed by atoms with E-state index in [1.807, 2.05) is 0 Å². The van der Waals surface area contributed by atoms with Crippen molar-refractivity contribution in [2.45, 2.75) is 45.4 Å². The van der Waals surface area contributed by atoms with Gasteiger partial charge in [-0.1, -0.05) is 13.3 Å². The highest BCUT2D eigenvalue weighted by atomic mass is 16.5. The lowest BCUT2D eigenvalue weighted by Crippen LogP contribution is -2.30. The molecule has 3 unspecified atom stereocenters. The molecule has 0 aliphatic heterocycles. The highest BCUT2D eigenvalue weighted by Crippen LogP contribution is 2.38. The zero-order valence-corrected chi connectivity index (χ0v) is 10.4. The summed E-state index contributed by atoms with van der Waals surface area (Å²) >= 11 is 0. The molecule has 1 N–H and O–H groups in total. The van der Waals surface area contributed by atoms with Crippen molar-refractivity contribution < 1.29 is 14.6 Å². The smallest absolute Gasteiger partial charge is 0.306 e. The fraction of sp³-hybridized carbons (Fsp3) is 0.923. The lowest BCUT2D eigenvalue weighted by atomic mass is 9.71. The Morgan fingerprint density at radius 2 is 2.19 bits per heavy atom. The molecule has 1 saturated carbocycles. The first kappa shape index (κ1) is 13.5. The van der Waals surface area contributed by atoms with Crippen molar-refractivity contribution in [1.82, 2.24) is 0 Å². The molecule has 3 nitrogen and oxygen atoms in total. The van der Waals surface area contributed by atoms with Crippen molar-refractivity contribution in [3.63, 3.8) is 0 Å². The Balaban J connectivity index is 2.46. The van der Waals surface area contributed by atoms with Gasteiger partial charge < -0.3 is 9.84 Å². The van der Waals surface area contributed by atoms with Crippen LogP contribution in [0.4, 0.5) is 0 Å². The topological polar surface area (TPSA) is 46.5 Å². The predicted octanol–water partition coefficient (Wildman–Crippen LogP) is 2.94. The Kier molecular flexibility index (Phi) is 5.81. The van der Waals surface area contributed by atoms with E-state index in [1.54, 1.807) is 7.11 Å². The quantitative estimate of drug-likeness (QED) is 0.711. The zero-order chi connectivity index (χ0) is 12.0. The summed E-state index contributed by atoms with van der Waals surface area (Å²) in [6.45, 7) is 2.96. The molecule has 3 heteroatoms. The van der Waals surface area contributed by atoms with Gasteiger partial charge in [-0.25, -0.2) is 0 Å². The van der Waals surface area contributed by atoms with E-state index < -0.39 is 5.97 Å². The van der Waals surface area contributed by atoms with Gasteiger partial charge in [-0.2, -0.15) is 0 Å². The van der Waals surface area contributed by atoms with Gasteiger partial charge in [0, 0.05) is 13.7 Å². The van der Waals surface area contributed by atoms with E-state index in [0.29, 0.717) is 5.92 Å². The van der Waals surface area contributed by atoms with Gasteiger partial charge in [0.05, 0.1) is 5.92 Å². The van der Waals surface area contributed by atoms with Crippen LogP contribution < -0.4 is 0 Å². The molecular weight excluding hydrogens is 204 g/mol. The number of carboxylic acid groups (broad SMARTS) is 1. The van der Waals surface area contributed by atoms with Gasteiger partial charge in [0.2, 0.25) is 0 Å². The van der Waals surface area contributed by atoms with Crippen molar-refractivity contribution in [3.8, 4) is 0 Å². The van der Waals surface area contributed by atoms with E-state index in [-0.39, 0.29) is 5.92 Å². The van der Waals surface area contributed by atoms with E-state index in [2.05, 4.69) is 6.92 Å². The number of rotatable bonds is 6. The molecule has 1 fully saturated rings. The Morgan fingerprint density at radius 3 is 2.75 bits per heavy atom. The lowest BCUT2D eigenvalue weighted by molar-refractivity contribution is -0.145. The number of carboxylic acids is 1. The molecular formula is C13H24O3. The van der Waals surface area contributed by atoms with Gasteiger partial charge in [-0.05, 0) is 43.9 Å². The van der Waals surface area contributed by atoms with E-state index in [9.17, 15) is 9.90 Å². The second-order valence-corrected chi connectivity index (χ2v) is 4.93. The maximum absolute atomic E-state index is 11.2. The average molecular weight is 228 g/mol. The average Bonchev–Trinajstić information content (AvgIpc) is 2.29. The normalized spacial score (nSPS) is 30.2. The molecule has 0 aromatic rings. The number of hydrogen-bond acceptors (Lipinski definition) is 2. The fourth-order valence-electron chi connectivity index (χ4n) is 2.87. The Hall–Kier alpha value is -0.570. The minimum Gasteiger partial charge on any atom is -0.481 e. The van der Waals surface area contributed by atoms with Crippen molar-refractivity contribution >= 4 is 5.97 Å². The summed E-state index contributed by atoms with van der Waals surface area (Å²) < 4.78 is 5.03. The molecule has 0 aromatic carbocycles. The molecule has 0 amide bonds. The maximum atomic E-state index is 11.2. The molecule has 0 radical (unpaired) electrons. The third kappa shape index (κ3) is 3.78. The third-order valence-corrected chi connectivity index (χ3v) is 3.91. The fourth-order valence-corrected chi connectivity index (χ4v) is 2.87. The van der Waals surface area contributed by atoms with Crippen LogP contribution in [-0.2, 0) is 9.53 Å². The molecule has 3 atom stereocenters. The first-order valence-corrected chi connectivity index (χ1v) is 6.40. The van der Waals surface area contributed by atoms with Crippen LogP contribution >= 0.6 is 0 Å². The first-order valence-electron chi connectivity index (χ1n) is 6.40. The predicted molar refractivity (Wildman–Crippen MR) is 63.4 cm³/mol. The monoisotopic (exact) mass is 228 g/mol. The SMILES string of the molecule is CCC1CCC(C(=O)O)C(CCCOC)C1. The highest BCUT2D eigenvalue weighted by Gasteiger charge is 2.33. The van der Waals surface area contributed by atoms with E-state index in [0.717, 1.165) is 44.6 Å². The number of aliphatic carboxylic acids is 1. The molecule has 1 aliphatic carbocycles. The van der Waals surface area contributed by atoms with Gasteiger partial charge in [0.25, 0.3) is 0 Å². The van der Waals surface area contributed by atoms with Crippen LogP contribution in [0.2, 0.25) is 0 Å². The van der Waals surface area contributed by atoms with Gasteiger partial charge in [-0.3, -0.25) is 4.79 Å². The lowest BCUT2D eigenvalue weighted by Gasteiger charge is -2.33. The molecule has 94 valence electrons. The van der Waals surface area contributed by atoms with Crippen LogP contribution in [0.3, 0.4) is 0 Å². The summed E-state index contributed by atoms with van der Waals surface area (Å²) in [5, 5.41) is 9.19. The van der Waals surface area contributed by atoms with E-state index >= 15 is 0 Å². The van der Waals surface area contributed by atoms with Crippen molar-refractivity contribution in [2.24, 2.45) is 17.8 Å². The third-order valence-electron chi connectivity index (χ3n) is 3.91. The van der Waals surface area contributed by atoms with E-state index in [4.69, 9.17) is 4.74 Å². The largest absolute Gasteiger partial charge is 0.481 e. The number of methoxy groups -OCH3 is 1. The van der Waals surface area contributed by atoms with Crippen molar-refractivity contribution in [3.05, 3.63) is 0 Å². The summed E-state index contributed by atoms with van der Waals surface area (Å²) in [6.07, 6.45) is 6.23. The van der Waals surface area contributed by atoms with Crippen molar-refractivity contribution in [2.75, 3.05) is 13.7 Å². The molecule has 0 bridgehead atoms. The standard InChI is InChI=1S/C13H24O3/c1-3-10-6-7-12(13(14)15)11(9-10)5-4-8-16-2/h10-12H,3-9H2,1-2H3,(H,14,15). The second kappa shape index (κ2) is 6.89. The van der Waals surface area contributed by atoms with Crippen LogP contribution in [0.25, 0.3) is 0 Å². The summed E-state index contributed by atoms with van der Waals surface area (Å²) in [7, 11) is 1.70. The van der Waals surface area contributed by atoms with Crippen LogP contribution in [0.1, 0.15) is 45.4 Å². The molecule has 0 spiro atoms. The van der Waals surface area contributed by atoms with Gasteiger partial charge in [-0.15, -0.1) is 0 Å². The molecule has 16 heavy (non-hydrogen) atoms. The molecule has 0 aromatic heterocycles. The Morgan fingerprint density at radius 1 is 1.44 bits per heavy atom. The van der Waals surface area contributed by atoms with Gasteiger partial charge >= 0.3 is 5.97 Å². The minimum atomic E-state index is -0.600. The maximum Gasteiger partial charge on any atom is 0.306 e. The van der Waals surface area contributed by atoms with Gasteiger partial charge in [0.15, 0.2) is 0 Å². The number of carbonyl (C=O) groups is 1. The van der Waals surface area contributed by atoms with E-state index in [1.165, 1.54) is 6.42 Å².